The SMILES string of the molecule is Cc1[c-]c(C)cc(C)c1.Cl.[Zn]. The molecule has 0 aliphatic carbocycles. The van der Waals surface area contributed by atoms with Gasteiger partial charge in [0.25, 0.3) is 0 Å². The predicted octanol–water partition coefficient (Wildman–Crippen LogP) is 2.83. The van der Waals surface area contributed by atoms with Crippen LogP contribution in [0.2, 0.25) is 0 Å². The van der Waals surface area contributed by atoms with Crippen molar-refractivity contribution >= 4 is 12.4 Å². The molecule has 0 saturated heterocycles. The van der Waals surface area contributed by atoms with Crippen LogP contribution in [0.5, 0.6) is 0 Å². The molecule has 0 bridgehead atoms. The molecule has 0 unspecified atom stereocenters. The minimum Gasteiger partial charge on any atom is -0.177 e. The van der Waals surface area contributed by atoms with Crippen LogP contribution in [0.4, 0.5) is 0 Å². The van der Waals surface area contributed by atoms with E-state index in [1.54, 1.807) is 0 Å². The minimum absolute atomic E-state index is 0. The normalized spacial score (nSPS) is 7.91. The zero-order valence-corrected chi connectivity index (χ0v) is 11.1. The smallest absolute Gasteiger partial charge is 0 e. The van der Waals surface area contributed by atoms with E-state index >= 15 is 0 Å². The molecule has 1 aromatic rings. The summed E-state index contributed by atoms with van der Waals surface area (Å²) in [7, 11) is 0. The second kappa shape index (κ2) is 5.74. The third-order valence-corrected chi connectivity index (χ3v) is 1.28. The molecule has 0 heterocycles. The zero-order valence-electron chi connectivity index (χ0n) is 7.27. The number of aryl methyl sites for hydroxylation is 3. The molecule has 0 aliphatic heterocycles. The molecule has 0 spiro atoms. The van der Waals surface area contributed by atoms with Crippen LogP contribution < -0.4 is 0 Å². The van der Waals surface area contributed by atoms with E-state index < -0.39 is 0 Å². The molecule has 11 heavy (non-hydrogen) atoms. The van der Waals surface area contributed by atoms with Crippen molar-refractivity contribution in [1.82, 2.24) is 0 Å². The Labute approximate surface area is 87.6 Å². The van der Waals surface area contributed by atoms with E-state index in [1.807, 2.05) is 0 Å². The first-order valence-electron chi connectivity index (χ1n) is 3.15. The van der Waals surface area contributed by atoms with Gasteiger partial charge in [-0.25, -0.2) is 0 Å². The van der Waals surface area contributed by atoms with Crippen molar-refractivity contribution in [3.05, 3.63) is 34.9 Å². The molecule has 0 atom stereocenters. The van der Waals surface area contributed by atoms with Gasteiger partial charge in [-0.3, -0.25) is 0 Å². The van der Waals surface area contributed by atoms with Gasteiger partial charge < -0.3 is 0 Å². The van der Waals surface area contributed by atoms with Crippen LogP contribution in [0.25, 0.3) is 0 Å². The van der Waals surface area contributed by atoms with E-state index in [9.17, 15) is 0 Å². The predicted molar refractivity (Wildman–Crippen MR) is 46.7 cm³/mol. The van der Waals surface area contributed by atoms with Crippen LogP contribution >= 0.6 is 12.4 Å². The van der Waals surface area contributed by atoms with E-state index in [4.69, 9.17) is 0 Å². The summed E-state index contributed by atoms with van der Waals surface area (Å²) in [4.78, 5) is 0. The van der Waals surface area contributed by atoms with Gasteiger partial charge >= 0.3 is 0 Å². The molecule has 2 heteroatoms. The molecule has 0 nitrogen and oxygen atoms in total. The molecule has 0 saturated carbocycles. The summed E-state index contributed by atoms with van der Waals surface area (Å²) in [6.07, 6.45) is 0. The van der Waals surface area contributed by atoms with Crippen molar-refractivity contribution in [3.8, 4) is 0 Å². The maximum absolute atomic E-state index is 3.21. The summed E-state index contributed by atoms with van der Waals surface area (Å²) in [5, 5.41) is 0. The number of benzene rings is 1. The van der Waals surface area contributed by atoms with Crippen molar-refractivity contribution < 1.29 is 19.5 Å². The second-order valence-corrected chi connectivity index (χ2v) is 2.52. The molecule has 58 valence electrons. The number of halogens is 1. The molecule has 0 fully saturated rings. The van der Waals surface area contributed by atoms with Gasteiger partial charge in [0.15, 0.2) is 0 Å². The molecule has 1 rings (SSSR count). The number of hydrogen-bond acceptors (Lipinski definition) is 0. The van der Waals surface area contributed by atoms with Crippen LogP contribution in [0.15, 0.2) is 12.1 Å². The van der Waals surface area contributed by atoms with Crippen LogP contribution in [0.1, 0.15) is 16.7 Å². The van der Waals surface area contributed by atoms with Gasteiger partial charge in [0.1, 0.15) is 0 Å². The second-order valence-electron chi connectivity index (χ2n) is 2.52. The first kappa shape index (κ1) is 13.7. The van der Waals surface area contributed by atoms with Crippen molar-refractivity contribution in [2.24, 2.45) is 0 Å². The van der Waals surface area contributed by atoms with Gasteiger partial charge in [-0.05, 0) is 0 Å². The fourth-order valence-corrected chi connectivity index (χ4v) is 1.11. The Balaban J connectivity index is 0. The van der Waals surface area contributed by atoms with Crippen LogP contribution in [0.3, 0.4) is 0 Å². The van der Waals surface area contributed by atoms with E-state index in [-0.39, 0.29) is 31.9 Å². The molecule has 1 aromatic carbocycles. The van der Waals surface area contributed by atoms with Crippen molar-refractivity contribution in [2.45, 2.75) is 20.8 Å². The molecule has 0 aliphatic rings. The van der Waals surface area contributed by atoms with Crippen molar-refractivity contribution in [1.29, 1.82) is 0 Å². The molecule has 0 N–H and O–H groups in total. The van der Waals surface area contributed by atoms with Gasteiger partial charge in [0, 0.05) is 19.5 Å². The van der Waals surface area contributed by atoms with Crippen molar-refractivity contribution in [2.75, 3.05) is 0 Å². The van der Waals surface area contributed by atoms with Gasteiger partial charge in [-0.2, -0.15) is 34.9 Å². The standard InChI is InChI=1S/C9H11.ClH.Zn/c1-7-4-8(2)6-9(3)5-7;;/h4-5H,1-3H3;1H;/q-1;;. The molecular weight excluding hydrogens is 209 g/mol. The fraction of sp³-hybridized carbons (Fsp3) is 0.333. The third-order valence-electron chi connectivity index (χ3n) is 1.28. The largest absolute Gasteiger partial charge is 0.177 e. The maximum Gasteiger partial charge on any atom is 0 e. The topological polar surface area (TPSA) is 0 Å². The number of hydrogen-bond donors (Lipinski definition) is 0. The quantitative estimate of drug-likeness (QED) is 0.466. The summed E-state index contributed by atoms with van der Waals surface area (Å²) < 4.78 is 0. The Morgan fingerprint density at radius 3 is 1.64 bits per heavy atom. The van der Waals surface area contributed by atoms with Gasteiger partial charge in [-0.1, -0.05) is 20.8 Å². The Kier molecular flexibility index (Phi) is 7.15. The fourth-order valence-electron chi connectivity index (χ4n) is 1.11. The molecule has 0 amide bonds. The van der Waals surface area contributed by atoms with Crippen molar-refractivity contribution in [3.63, 3.8) is 0 Å². The van der Waals surface area contributed by atoms with Crippen LogP contribution in [0, 0.1) is 26.8 Å². The van der Waals surface area contributed by atoms with E-state index in [0.717, 1.165) is 0 Å². The van der Waals surface area contributed by atoms with Gasteiger partial charge in [-0.15, -0.1) is 12.4 Å². The monoisotopic (exact) mass is 219 g/mol. The minimum atomic E-state index is 0. The Hall–Kier alpha value is 0.133. The maximum atomic E-state index is 3.21. The first-order valence-corrected chi connectivity index (χ1v) is 3.15. The Morgan fingerprint density at radius 1 is 1.00 bits per heavy atom. The summed E-state index contributed by atoms with van der Waals surface area (Å²) in [6.45, 7) is 6.24. The summed E-state index contributed by atoms with van der Waals surface area (Å²) in [5.74, 6) is 0. The van der Waals surface area contributed by atoms with Gasteiger partial charge in [0.05, 0.1) is 0 Å². The molecular formula is C9H12ClZn-. The molecule has 0 aromatic heterocycles. The first-order chi connectivity index (χ1) is 4.18. The summed E-state index contributed by atoms with van der Waals surface area (Å²) in [6, 6.07) is 7.47. The van der Waals surface area contributed by atoms with Crippen LogP contribution in [-0.2, 0) is 19.5 Å². The summed E-state index contributed by atoms with van der Waals surface area (Å²) in [5.41, 5.74) is 3.78. The van der Waals surface area contributed by atoms with E-state index in [2.05, 4.69) is 39.0 Å². The number of rotatable bonds is 0. The average Bonchev–Trinajstić information content (AvgIpc) is 1.59. The molecule has 0 radical (unpaired) electrons. The van der Waals surface area contributed by atoms with Crippen LogP contribution in [-0.4, -0.2) is 0 Å². The third kappa shape index (κ3) is 4.55. The van der Waals surface area contributed by atoms with Gasteiger partial charge in [0.2, 0.25) is 0 Å². The van der Waals surface area contributed by atoms with E-state index in [1.165, 1.54) is 16.7 Å². The average molecular weight is 221 g/mol. The Morgan fingerprint density at radius 2 is 1.36 bits per heavy atom. The summed E-state index contributed by atoms with van der Waals surface area (Å²) >= 11 is 0. The van der Waals surface area contributed by atoms with E-state index in [0.29, 0.717) is 0 Å². The zero-order chi connectivity index (χ0) is 6.85. The Bertz CT molecular complexity index is 170.